The van der Waals surface area contributed by atoms with Crippen LogP contribution in [0.4, 0.5) is 5.69 Å². The number of aryl methyl sites for hydroxylation is 3. The SMILES string of the molecule is Cc1nc(C)c(CNc2cc(Cl)c(C)cc2Br)s1. The van der Waals surface area contributed by atoms with Gasteiger partial charge in [0.25, 0.3) is 0 Å². The minimum Gasteiger partial charge on any atom is -0.379 e. The maximum absolute atomic E-state index is 6.13. The zero-order valence-corrected chi connectivity index (χ0v) is 13.6. The molecule has 2 rings (SSSR count). The lowest BCUT2D eigenvalue weighted by Gasteiger charge is -2.10. The summed E-state index contributed by atoms with van der Waals surface area (Å²) in [6, 6.07) is 3.97. The molecule has 0 saturated carbocycles. The first kappa shape index (κ1) is 13.8. The summed E-state index contributed by atoms with van der Waals surface area (Å²) in [7, 11) is 0. The van der Waals surface area contributed by atoms with Crippen molar-refractivity contribution in [2.24, 2.45) is 0 Å². The maximum atomic E-state index is 6.13. The molecule has 0 fully saturated rings. The largest absolute Gasteiger partial charge is 0.379 e. The van der Waals surface area contributed by atoms with Crippen LogP contribution in [0.15, 0.2) is 16.6 Å². The molecule has 0 aliphatic heterocycles. The van der Waals surface area contributed by atoms with Crippen molar-refractivity contribution in [3.8, 4) is 0 Å². The summed E-state index contributed by atoms with van der Waals surface area (Å²) in [4.78, 5) is 5.68. The van der Waals surface area contributed by atoms with Crippen molar-refractivity contribution in [2.45, 2.75) is 27.3 Å². The average Bonchev–Trinajstić information content (AvgIpc) is 2.61. The molecule has 0 aliphatic carbocycles. The third-order valence-electron chi connectivity index (χ3n) is 2.69. The quantitative estimate of drug-likeness (QED) is 0.837. The van der Waals surface area contributed by atoms with E-state index in [0.29, 0.717) is 0 Å². The van der Waals surface area contributed by atoms with Crippen molar-refractivity contribution in [3.63, 3.8) is 0 Å². The molecule has 0 saturated heterocycles. The van der Waals surface area contributed by atoms with Crippen molar-refractivity contribution in [2.75, 3.05) is 5.32 Å². The molecule has 96 valence electrons. The fraction of sp³-hybridized carbons (Fsp3) is 0.308. The van der Waals surface area contributed by atoms with Crippen LogP contribution >= 0.6 is 38.9 Å². The van der Waals surface area contributed by atoms with Gasteiger partial charge in [0.15, 0.2) is 0 Å². The van der Waals surface area contributed by atoms with E-state index in [2.05, 4.69) is 26.2 Å². The van der Waals surface area contributed by atoms with E-state index in [9.17, 15) is 0 Å². The molecule has 5 heteroatoms. The molecule has 0 unspecified atom stereocenters. The molecular weight excluding hydrogens is 332 g/mol. The van der Waals surface area contributed by atoms with Gasteiger partial charge >= 0.3 is 0 Å². The number of rotatable bonds is 3. The number of halogens is 2. The van der Waals surface area contributed by atoms with Crippen LogP contribution in [0.1, 0.15) is 21.1 Å². The number of aromatic nitrogens is 1. The highest BCUT2D eigenvalue weighted by molar-refractivity contribution is 9.10. The Morgan fingerprint density at radius 3 is 2.67 bits per heavy atom. The van der Waals surface area contributed by atoms with Gasteiger partial charge in [-0.1, -0.05) is 11.6 Å². The number of hydrogen-bond donors (Lipinski definition) is 1. The predicted octanol–water partition coefficient (Wildman–Crippen LogP) is 5.10. The molecule has 1 N–H and O–H groups in total. The first-order valence-corrected chi connectivity index (χ1v) is 7.58. The van der Waals surface area contributed by atoms with Crippen LogP contribution < -0.4 is 5.32 Å². The minimum absolute atomic E-state index is 0.773. The van der Waals surface area contributed by atoms with Crippen molar-refractivity contribution in [3.05, 3.63) is 42.8 Å². The first-order chi connectivity index (χ1) is 8.47. The van der Waals surface area contributed by atoms with Gasteiger partial charge in [-0.2, -0.15) is 0 Å². The van der Waals surface area contributed by atoms with Gasteiger partial charge in [0.2, 0.25) is 0 Å². The number of hydrogen-bond acceptors (Lipinski definition) is 3. The van der Waals surface area contributed by atoms with Crippen LogP contribution in [0.25, 0.3) is 0 Å². The molecule has 0 atom stereocenters. The van der Waals surface area contributed by atoms with Gasteiger partial charge < -0.3 is 5.32 Å². The number of thiazole rings is 1. The average molecular weight is 346 g/mol. The smallest absolute Gasteiger partial charge is 0.0900 e. The van der Waals surface area contributed by atoms with Crippen molar-refractivity contribution in [1.82, 2.24) is 4.98 Å². The Labute approximate surface area is 125 Å². The molecular formula is C13H14BrClN2S. The van der Waals surface area contributed by atoms with E-state index in [1.54, 1.807) is 11.3 Å². The summed E-state index contributed by atoms with van der Waals surface area (Å²) in [6.07, 6.45) is 0. The molecule has 18 heavy (non-hydrogen) atoms. The molecule has 2 aromatic rings. The van der Waals surface area contributed by atoms with Crippen molar-refractivity contribution in [1.29, 1.82) is 0 Å². The Hall–Kier alpha value is -0.580. The second-order valence-electron chi connectivity index (χ2n) is 4.18. The van der Waals surface area contributed by atoms with Crippen LogP contribution in [-0.2, 0) is 6.54 Å². The third-order valence-corrected chi connectivity index (χ3v) is 4.82. The minimum atomic E-state index is 0.773. The van der Waals surface area contributed by atoms with Crippen LogP contribution in [0.5, 0.6) is 0 Å². The van der Waals surface area contributed by atoms with E-state index in [0.717, 1.165) is 38.0 Å². The van der Waals surface area contributed by atoms with Gasteiger partial charge in [0, 0.05) is 14.4 Å². The van der Waals surface area contributed by atoms with E-state index in [1.165, 1.54) is 4.88 Å². The van der Waals surface area contributed by atoms with Crippen molar-refractivity contribution < 1.29 is 0 Å². The highest BCUT2D eigenvalue weighted by atomic mass is 79.9. The van der Waals surface area contributed by atoms with Crippen molar-refractivity contribution >= 4 is 44.6 Å². The monoisotopic (exact) mass is 344 g/mol. The first-order valence-electron chi connectivity index (χ1n) is 5.60. The molecule has 1 heterocycles. The van der Waals surface area contributed by atoms with Crippen LogP contribution in [0.3, 0.4) is 0 Å². The van der Waals surface area contributed by atoms with E-state index in [4.69, 9.17) is 11.6 Å². The Morgan fingerprint density at radius 1 is 1.33 bits per heavy atom. The van der Waals surface area contributed by atoms with Gasteiger partial charge in [-0.3, -0.25) is 0 Å². The number of anilines is 1. The van der Waals surface area contributed by atoms with Gasteiger partial charge in [-0.25, -0.2) is 4.98 Å². The van der Waals surface area contributed by atoms with E-state index < -0.39 is 0 Å². The highest BCUT2D eigenvalue weighted by Crippen LogP contribution is 2.30. The fourth-order valence-corrected chi connectivity index (χ4v) is 3.33. The molecule has 0 amide bonds. The summed E-state index contributed by atoms with van der Waals surface area (Å²) < 4.78 is 1.03. The maximum Gasteiger partial charge on any atom is 0.0900 e. The number of benzene rings is 1. The van der Waals surface area contributed by atoms with Gasteiger partial charge in [0.05, 0.1) is 22.9 Å². The summed E-state index contributed by atoms with van der Waals surface area (Å²) in [5.41, 5.74) is 3.18. The second kappa shape index (κ2) is 5.59. The molecule has 1 aromatic carbocycles. The zero-order chi connectivity index (χ0) is 13.3. The Kier molecular flexibility index (Phi) is 4.30. The molecule has 0 radical (unpaired) electrons. The molecule has 0 aliphatic rings. The van der Waals surface area contributed by atoms with Crippen LogP contribution in [-0.4, -0.2) is 4.98 Å². The summed E-state index contributed by atoms with van der Waals surface area (Å²) in [6.45, 7) is 6.83. The van der Waals surface area contributed by atoms with Crippen LogP contribution in [0.2, 0.25) is 5.02 Å². The molecule has 2 nitrogen and oxygen atoms in total. The van der Waals surface area contributed by atoms with Crippen LogP contribution in [0, 0.1) is 20.8 Å². The summed E-state index contributed by atoms with van der Waals surface area (Å²) in [5.74, 6) is 0. The lowest BCUT2D eigenvalue weighted by atomic mass is 10.2. The third kappa shape index (κ3) is 3.05. The lowest BCUT2D eigenvalue weighted by Crippen LogP contribution is -2.00. The van der Waals surface area contributed by atoms with E-state index in [-0.39, 0.29) is 0 Å². The Balaban J connectivity index is 2.15. The summed E-state index contributed by atoms with van der Waals surface area (Å²) >= 11 is 11.4. The zero-order valence-electron chi connectivity index (χ0n) is 10.5. The molecule has 1 aromatic heterocycles. The summed E-state index contributed by atoms with van der Waals surface area (Å²) in [5, 5.41) is 5.27. The topological polar surface area (TPSA) is 24.9 Å². The second-order valence-corrected chi connectivity index (χ2v) is 6.73. The van der Waals surface area contributed by atoms with E-state index >= 15 is 0 Å². The Morgan fingerprint density at radius 2 is 2.06 bits per heavy atom. The van der Waals surface area contributed by atoms with Gasteiger partial charge in [-0.15, -0.1) is 11.3 Å². The van der Waals surface area contributed by atoms with Gasteiger partial charge in [-0.05, 0) is 54.4 Å². The fourth-order valence-electron chi connectivity index (χ4n) is 1.69. The number of nitrogens with zero attached hydrogens (tertiary/aromatic N) is 1. The molecule has 0 spiro atoms. The lowest BCUT2D eigenvalue weighted by molar-refractivity contribution is 1.10. The van der Waals surface area contributed by atoms with E-state index in [1.807, 2.05) is 32.9 Å². The predicted molar refractivity (Wildman–Crippen MR) is 82.8 cm³/mol. The standard InChI is InChI=1S/C13H14BrClN2S/c1-7-4-10(14)12(5-11(7)15)16-6-13-8(2)17-9(3)18-13/h4-5,16H,6H2,1-3H3. The Bertz CT molecular complexity index is 581. The highest BCUT2D eigenvalue weighted by Gasteiger charge is 2.07. The number of nitrogens with one attached hydrogen (secondary N) is 1. The van der Waals surface area contributed by atoms with Gasteiger partial charge in [0.1, 0.15) is 0 Å². The molecule has 0 bridgehead atoms. The normalized spacial score (nSPS) is 10.7.